The van der Waals surface area contributed by atoms with Crippen LogP contribution in [0.4, 0.5) is 5.82 Å². The van der Waals surface area contributed by atoms with E-state index in [0.717, 1.165) is 36.5 Å². The molecule has 1 saturated heterocycles. The molecule has 4 rings (SSSR count). The Labute approximate surface area is 162 Å². The maximum Gasteiger partial charge on any atom is 0.254 e. The topological polar surface area (TPSA) is 106 Å². The summed E-state index contributed by atoms with van der Waals surface area (Å²) in [6, 6.07) is 5.63. The molecule has 3 aromatic rings. The molecule has 0 saturated carbocycles. The maximum absolute atomic E-state index is 12.0. The Kier molecular flexibility index (Phi) is 5.43. The van der Waals surface area contributed by atoms with E-state index in [-0.39, 0.29) is 12.0 Å². The molecule has 9 heteroatoms. The molecule has 0 radical (unpaired) electrons. The second-order valence-corrected chi connectivity index (χ2v) is 6.79. The molecule has 3 aromatic heterocycles. The quantitative estimate of drug-likeness (QED) is 0.640. The monoisotopic (exact) mass is 381 g/mol. The summed E-state index contributed by atoms with van der Waals surface area (Å²) in [5, 5.41) is 10.7. The van der Waals surface area contributed by atoms with Crippen LogP contribution in [0.15, 0.2) is 30.6 Å². The Morgan fingerprint density at radius 2 is 2.32 bits per heavy atom. The average molecular weight is 381 g/mol. The minimum absolute atomic E-state index is 0.000314. The highest BCUT2D eigenvalue weighted by Gasteiger charge is 2.16. The Morgan fingerprint density at radius 1 is 1.39 bits per heavy atom. The number of nitrogens with zero attached hydrogens (tertiary/aromatic N) is 5. The minimum atomic E-state index is -0.000314. The van der Waals surface area contributed by atoms with E-state index in [1.165, 1.54) is 0 Å². The molecule has 28 heavy (non-hydrogen) atoms. The van der Waals surface area contributed by atoms with Crippen molar-refractivity contribution in [3.63, 3.8) is 0 Å². The summed E-state index contributed by atoms with van der Waals surface area (Å²) >= 11 is 0. The number of carbonyl (C=O) groups is 1. The number of anilines is 1. The predicted octanol–water partition coefficient (Wildman–Crippen LogP) is 1.59. The second kappa shape index (κ2) is 8.30. The summed E-state index contributed by atoms with van der Waals surface area (Å²) in [6.07, 6.45) is 6.02. The van der Waals surface area contributed by atoms with Crippen molar-refractivity contribution in [1.82, 2.24) is 29.9 Å². The van der Waals surface area contributed by atoms with E-state index in [0.29, 0.717) is 31.1 Å². The van der Waals surface area contributed by atoms with Crippen molar-refractivity contribution in [3.05, 3.63) is 36.3 Å². The van der Waals surface area contributed by atoms with Crippen molar-refractivity contribution < 1.29 is 9.53 Å². The fourth-order valence-electron chi connectivity index (χ4n) is 3.16. The first-order valence-corrected chi connectivity index (χ1v) is 9.46. The number of aryl methyl sites for hydroxylation is 1. The normalized spacial score (nSPS) is 16.4. The molecule has 0 aromatic carbocycles. The second-order valence-electron chi connectivity index (χ2n) is 6.79. The van der Waals surface area contributed by atoms with E-state index < -0.39 is 0 Å². The first-order chi connectivity index (χ1) is 13.7. The van der Waals surface area contributed by atoms with Crippen LogP contribution in [0.1, 0.15) is 25.0 Å². The van der Waals surface area contributed by atoms with Crippen LogP contribution in [0.5, 0.6) is 0 Å². The Bertz CT molecular complexity index is 952. The highest BCUT2D eigenvalue weighted by atomic mass is 16.5. The van der Waals surface area contributed by atoms with E-state index >= 15 is 0 Å². The molecule has 0 spiro atoms. The Hall–Kier alpha value is -3.07. The van der Waals surface area contributed by atoms with E-state index in [9.17, 15) is 4.79 Å². The van der Waals surface area contributed by atoms with Gasteiger partial charge in [-0.1, -0.05) is 0 Å². The molecular formula is C19H23N7O2. The number of pyridine rings is 1. The number of ether oxygens (including phenoxy) is 1. The van der Waals surface area contributed by atoms with E-state index in [1.54, 1.807) is 16.9 Å². The molecule has 1 amide bonds. The van der Waals surface area contributed by atoms with Gasteiger partial charge in [0, 0.05) is 55.8 Å². The van der Waals surface area contributed by atoms with Crippen LogP contribution in [0.25, 0.3) is 17.2 Å². The SMILES string of the molecule is Cc1cc(NCCC(=O)NCC2CCCO2)n2nc(-c3cccnc3)nc2n1. The molecule has 0 bridgehead atoms. The first kappa shape index (κ1) is 18.3. The predicted molar refractivity (Wildman–Crippen MR) is 104 cm³/mol. The third-order valence-corrected chi connectivity index (χ3v) is 4.57. The standard InChI is InChI=1S/C19H23N7O2/c1-13-10-16(21-8-6-17(27)22-12-15-5-3-9-28-15)26-19(23-13)24-18(25-26)14-4-2-7-20-11-14/h2,4,7,10-11,15,21H,3,5-6,8-9,12H2,1H3,(H,22,27). The van der Waals surface area contributed by atoms with Crippen LogP contribution in [0, 0.1) is 6.92 Å². The van der Waals surface area contributed by atoms with Crippen molar-refractivity contribution in [3.8, 4) is 11.4 Å². The maximum atomic E-state index is 12.0. The summed E-state index contributed by atoms with van der Waals surface area (Å²) in [5.41, 5.74) is 1.65. The molecule has 4 heterocycles. The number of hydrogen-bond donors (Lipinski definition) is 2. The van der Waals surface area contributed by atoms with Crippen LogP contribution in [0.3, 0.4) is 0 Å². The number of nitrogens with one attached hydrogen (secondary N) is 2. The fraction of sp³-hybridized carbons (Fsp3) is 0.421. The molecule has 1 aliphatic heterocycles. The lowest BCUT2D eigenvalue weighted by Crippen LogP contribution is -2.32. The molecule has 9 nitrogen and oxygen atoms in total. The largest absolute Gasteiger partial charge is 0.376 e. The summed E-state index contributed by atoms with van der Waals surface area (Å²) in [6.45, 7) is 3.75. The van der Waals surface area contributed by atoms with Gasteiger partial charge in [-0.05, 0) is 31.9 Å². The summed E-state index contributed by atoms with van der Waals surface area (Å²) in [7, 11) is 0. The van der Waals surface area contributed by atoms with Gasteiger partial charge in [-0.15, -0.1) is 5.10 Å². The van der Waals surface area contributed by atoms with Gasteiger partial charge in [0.25, 0.3) is 5.78 Å². The van der Waals surface area contributed by atoms with Gasteiger partial charge in [-0.2, -0.15) is 9.50 Å². The van der Waals surface area contributed by atoms with E-state index in [2.05, 4.69) is 30.7 Å². The lowest BCUT2D eigenvalue weighted by molar-refractivity contribution is -0.121. The number of hydrogen-bond acceptors (Lipinski definition) is 7. The average Bonchev–Trinajstić information content (AvgIpc) is 3.36. The van der Waals surface area contributed by atoms with Crippen LogP contribution >= 0.6 is 0 Å². The van der Waals surface area contributed by atoms with Gasteiger partial charge < -0.3 is 15.4 Å². The van der Waals surface area contributed by atoms with Gasteiger partial charge in [-0.25, -0.2) is 4.98 Å². The number of amides is 1. The van der Waals surface area contributed by atoms with Crippen molar-refractivity contribution in [2.75, 3.05) is 25.0 Å². The summed E-state index contributed by atoms with van der Waals surface area (Å²) < 4.78 is 7.17. The molecule has 1 unspecified atom stereocenters. The molecule has 2 N–H and O–H groups in total. The Balaban J connectivity index is 1.40. The zero-order valence-electron chi connectivity index (χ0n) is 15.8. The van der Waals surface area contributed by atoms with Crippen molar-refractivity contribution in [1.29, 1.82) is 0 Å². The molecule has 0 aliphatic carbocycles. The zero-order valence-corrected chi connectivity index (χ0v) is 15.8. The molecule has 1 atom stereocenters. The van der Waals surface area contributed by atoms with Crippen molar-refractivity contribution in [2.45, 2.75) is 32.3 Å². The summed E-state index contributed by atoms with van der Waals surface area (Å²) in [4.78, 5) is 25.1. The Morgan fingerprint density at radius 3 is 3.11 bits per heavy atom. The molecule has 1 aliphatic rings. The van der Waals surface area contributed by atoms with E-state index in [4.69, 9.17) is 4.74 Å². The van der Waals surface area contributed by atoms with Crippen LogP contribution in [-0.2, 0) is 9.53 Å². The van der Waals surface area contributed by atoms with Crippen LogP contribution in [0.2, 0.25) is 0 Å². The number of rotatable bonds is 7. The van der Waals surface area contributed by atoms with Crippen molar-refractivity contribution in [2.24, 2.45) is 0 Å². The van der Waals surface area contributed by atoms with Gasteiger partial charge in [0.2, 0.25) is 5.91 Å². The lowest BCUT2D eigenvalue weighted by atomic mass is 10.2. The van der Waals surface area contributed by atoms with Gasteiger partial charge >= 0.3 is 0 Å². The number of aromatic nitrogens is 5. The van der Waals surface area contributed by atoms with Gasteiger partial charge in [0.15, 0.2) is 5.82 Å². The van der Waals surface area contributed by atoms with Crippen LogP contribution < -0.4 is 10.6 Å². The fourth-order valence-corrected chi connectivity index (χ4v) is 3.16. The minimum Gasteiger partial charge on any atom is -0.376 e. The van der Waals surface area contributed by atoms with E-state index in [1.807, 2.05) is 25.1 Å². The molecule has 1 fully saturated rings. The summed E-state index contributed by atoms with van der Waals surface area (Å²) in [5.74, 6) is 1.81. The molecule has 146 valence electrons. The van der Waals surface area contributed by atoms with Gasteiger partial charge in [-0.3, -0.25) is 9.78 Å². The lowest BCUT2D eigenvalue weighted by Gasteiger charge is -2.11. The number of carbonyl (C=O) groups excluding carboxylic acids is 1. The van der Waals surface area contributed by atoms with Crippen LogP contribution in [-0.4, -0.2) is 56.3 Å². The highest BCUT2D eigenvalue weighted by Crippen LogP contribution is 2.17. The van der Waals surface area contributed by atoms with Gasteiger partial charge in [0.1, 0.15) is 5.82 Å². The highest BCUT2D eigenvalue weighted by molar-refractivity contribution is 5.76. The number of fused-ring (bicyclic) bond motifs is 1. The first-order valence-electron chi connectivity index (χ1n) is 9.46. The third-order valence-electron chi connectivity index (χ3n) is 4.57. The van der Waals surface area contributed by atoms with Gasteiger partial charge in [0.05, 0.1) is 6.10 Å². The van der Waals surface area contributed by atoms with Crippen molar-refractivity contribution >= 4 is 17.5 Å². The smallest absolute Gasteiger partial charge is 0.254 e. The zero-order chi connectivity index (χ0) is 19.3. The molecular weight excluding hydrogens is 358 g/mol. The third kappa shape index (κ3) is 4.25.